The van der Waals surface area contributed by atoms with Crippen molar-refractivity contribution in [2.24, 2.45) is 0 Å². The molecule has 0 saturated carbocycles. The largest absolute Gasteiger partial charge is 0.490 e. The molecule has 1 fully saturated rings. The Morgan fingerprint density at radius 3 is 2.50 bits per heavy atom. The molecule has 164 valence electrons. The molecule has 30 heavy (non-hydrogen) atoms. The second kappa shape index (κ2) is 10.2. The van der Waals surface area contributed by atoms with E-state index in [0.717, 1.165) is 48.9 Å². The molecular formula is C25H37N3O2. The van der Waals surface area contributed by atoms with Crippen molar-refractivity contribution in [2.45, 2.75) is 77.6 Å². The Kier molecular flexibility index (Phi) is 7.19. The van der Waals surface area contributed by atoms with Crippen molar-refractivity contribution in [2.75, 3.05) is 31.2 Å². The van der Waals surface area contributed by atoms with Gasteiger partial charge in [0, 0.05) is 24.6 Å². The van der Waals surface area contributed by atoms with E-state index in [1.54, 1.807) is 0 Å². The number of H-pyrrole nitrogens is 1. The zero-order valence-corrected chi connectivity index (χ0v) is 18.7. The lowest BCUT2D eigenvalue weighted by molar-refractivity contribution is 0.270. The minimum Gasteiger partial charge on any atom is -0.490 e. The van der Waals surface area contributed by atoms with E-state index in [-0.39, 0.29) is 0 Å². The molecule has 0 amide bonds. The van der Waals surface area contributed by atoms with Gasteiger partial charge in [-0.3, -0.25) is 5.10 Å². The average Bonchev–Trinajstić information content (AvgIpc) is 3.25. The van der Waals surface area contributed by atoms with Crippen LogP contribution in [-0.2, 0) is 0 Å². The van der Waals surface area contributed by atoms with Gasteiger partial charge in [-0.15, -0.1) is 0 Å². The second-order valence-electron chi connectivity index (χ2n) is 8.66. The zero-order chi connectivity index (χ0) is 20.8. The van der Waals surface area contributed by atoms with Crippen LogP contribution in [0.15, 0.2) is 18.2 Å². The summed E-state index contributed by atoms with van der Waals surface area (Å²) < 4.78 is 12.0. The van der Waals surface area contributed by atoms with Gasteiger partial charge in [0.25, 0.3) is 0 Å². The van der Waals surface area contributed by atoms with Gasteiger partial charge in [-0.2, -0.15) is 5.10 Å². The maximum atomic E-state index is 6.09. The number of nitrogens with one attached hydrogen (secondary N) is 1. The fourth-order valence-corrected chi connectivity index (χ4v) is 4.83. The van der Waals surface area contributed by atoms with Gasteiger partial charge in [-0.25, -0.2) is 0 Å². The molecular weight excluding hydrogens is 374 g/mol. The molecule has 0 radical (unpaired) electrons. The number of aromatic nitrogens is 2. The molecule has 3 aliphatic rings. The number of hydrogen-bond donors (Lipinski definition) is 1. The Morgan fingerprint density at radius 2 is 1.73 bits per heavy atom. The van der Waals surface area contributed by atoms with E-state index in [4.69, 9.17) is 14.6 Å². The average molecular weight is 412 g/mol. The SMILES string of the molecule is CCCCCCCCCOc1ccc(-c2n[nH]c3c2N2CCC3CC2)cc1OCC. The lowest BCUT2D eigenvalue weighted by Gasteiger charge is -2.40. The number of hydrogen-bond acceptors (Lipinski definition) is 4. The summed E-state index contributed by atoms with van der Waals surface area (Å²) in [6, 6.07) is 6.28. The van der Waals surface area contributed by atoms with Gasteiger partial charge in [0.1, 0.15) is 5.69 Å². The lowest BCUT2D eigenvalue weighted by atomic mass is 9.86. The minimum absolute atomic E-state index is 0.629. The van der Waals surface area contributed by atoms with Crippen LogP contribution in [0, 0.1) is 0 Å². The van der Waals surface area contributed by atoms with E-state index in [2.05, 4.69) is 35.1 Å². The lowest BCUT2D eigenvalue weighted by Crippen LogP contribution is -2.38. The van der Waals surface area contributed by atoms with Crippen LogP contribution in [0.4, 0.5) is 5.69 Å². The molecule has 0 atom stereocenters. The van der Waals surface area contributed by atoms with E-state index < -0.39 is 0 Å². The molecule has 2 bridgehead atoms. The maximum absolute atomic E-state index is 6.09. The summed E-state index contributed by atoms with van der Waals surface area (Å²) in [5, 5.41) is 8.02. The van der Waals surface area contributed by atoms with Crippen LogP contribution in [-0.4, -0.2) is 36.5 Å². The highest BCUT2D eigenvalue weighted by atomic mass is 16.5. The molecule has 2 aromatic rings. The third kappa shape index (κ3) is 4.60. The molecule has 1 saturated heterocycles. The van der Waals surface area contributed by atoms with Crippen molar-refractivity contribution in [3.63, 3.8) is 0 Å². The highest BCUT2D eigenvalue weighted by Crippen LogP contribution is 2.46. The van der Waals surface area contributed by atoms with E-state index >= 15 is 0 Å². The topological polar surface area (TPSA) is 50.4 Å². The van der Waals surface area contributed by atoms with Crippen molar-refractivity contribution in [3.8, 4) is 22.8 Å². The highest BCUT2D eigenvalue weighted by Gasteiger charge is 2.35. The van der Waals surface area contributed by atoms with Crippen molar-refractivity contribution >= 4 is 5.69 Å². The van der Waals surface area contributed by atoms with Crippen LogP contribution in [0.3, 0.4) is 0 Å². The van der Waals surface area contributed by atoms with Gasteiger partial charge in [-0.05, 0) is 44.4 Å². The molecule has 0 aliphatic carbocycles. The van der Waals surface area contributed by atoms with Crippen LogP contribution in [0.1, 0.15) is 83.2 Å². The molecule has 1 aromatic heterocycles. The quantitative estimate of drug-likeness (QED) is 0.416. The van der Waals surface area contributed by atoms with E-state index in [0.29, 0.717) is 12.5 Å². The first-order chi connectivity index (χ1) is 14.8. The molecule has 0 unspecified atom stereocenters. The third-order valence-electron chi connectivity index (χ3n) is 6.51. The van der Waals surface area contributed by atoms with E-state index in [1.807, 2.05) is 6.92 Å². The number of aromatic amines is 1. The van der Waals surface area contributed by atoms with Gasteiger partial charge in [0.15, 0.2) is 11.5 Å². The van der Waals surface area contributed by atoms with E-state index in [9.17, 15) is 0 Å². The molecule has 5 nitrogen and oxygen atoms in total. The zero-order valence-electron chi connectivity index (χ0n) is 18.7. The summed E-state index contributed by atoms with van der Waals surface area (Å²) >= 11 is 0. The summed E-state index contributed by atoms with van der Waals surface area (Å²) in [4.78, 5) is 2.49. The van der Waals surface area contributed by atoms with Gasteiger partial charge < -0.3 is 14.4 Å². The molecule has 0 spiro atoms. The predicted octanol–water partition coefficient (Wildman–Crippen LogP) is 6.30. The Balaban J connectivity index is 1.40. The third-order valence-corrected chi connectivity index (χ3v) is 6.51. The fourth-order valence-electron chi connectivity index (χ4n) is 4.83. The maximum Gasteiger partial charge on any atom is 0.161 e. The smallest absolute Gasteiger partial charge is 0.161 e. The Bertz CT molecular complexity index is 809. The monoisotopic (exact) mass is 411 g/mol. The van der Waals surface area contributed by atoms with Crippen LogP contribution < -0.4 is 14.4 Å². The van der Waals surface area contributed by atoms with Crippen LogP contribution in [0.25, 0.3) is 11.3 Å². The molecule has 4 heterocycles. The highest BCUT2D eigenvalue weighted by molar-refractivity contribution is 5.80. The molecule has 1 aromatic carbocycles. The first-order valence-corrected chi connectivity index (χ1v) is 12.0. The minimum atomic E-state index is 0.629. The number of unbranched alkanes of at least 4 members (excludes halogenated alkanes) is 6. The summed E-state index contributed by atoms with van der Waals surface area (Å²) in [5.41, 5.74) is 4.78. The van der Waals surface area contributed by atoms with Crippen molar-refractivity contribution < 1.29 is 9.47 Å². The van der Waals surface area contributed by atoms with E-state index in [1.165, 1.54) is 62.7 Å². The van der Waals surface area contributed by atoms with Crippen LogP contribution >= 0.6 is 0 Å². The predicted molar refractivity (Wildman–Crippen MR) is 123 cm³/mol. The molecule has 3 aliphatic heterocycles. The number of rotatable bonds is 12. The molecule has 5 rings (SSSR count). The van der Waals surface area contributed by atoms with Crippen molar-refractivity contribution in [1.29, 1.82) is 0 Å². The summed E-state index contributed by atoms with van der Waals surface area (Å²) in [6.07, 6.45) is 11.5. The first kappa shape index (κ1) is 21.1. The summed E-state index contributed by atoms with van der Waals surface area (Å²) in [5.74, 6) is 2.31. The van der Waals surface area contributed by atoms with Gasteiger partial charge in [0.2, 0.25) is 0 Å². The molecule has 5 heteroatoms. The standard InChI is InChI=1S/C25H37N3O2/c1-3-5-6-7-8-9-10-17-30-21-12-11-20(18-22(21)29-4-2)24-25-23(26-27-24)19-13-15-28(25)16-14-19/h11-12,18-19H,3-10,13-17H2,1-2H3,(H,26,27). The number of fused-ring (bicyclic) bond motifs is 2. The van der Waals surface area contributed by atoms with Gasteiger partial charge in [0.05, 0.1) is 24.6 Å². The van der Waals surface area contributed by atoms with Crippen LogP contribution in [0.5, 0.6) is 11.5 Å². The summed E-state index contributed by atoms with van der Waals surface area (Å²) in [6.45, 7) is 7.94. The van der Waals surface area contributed by atoms with Gasteiger partial charge >= 0.3 is 0 Å². The number of nitrogens with zero attached hydrogens (tertiary/aromatic N) is 2. The second-order valence-corrected chi connectivity index (χ2v) is 8.66. The van der Waals surface area contributed by atoms with Gasteiger partial charge in [-0.1, -0.05) is 45.4 Å². The Morgan fingerprint density at radius 1 is 0.967 bits per heavy atom. The van der Waals surface area contributed by atoms with Crippen molar-refractivity contribution in [1.82, 2.24) is 10.2 Å². The number of ether oxygens (including phenoxy) is 2. The number of piperidine rings is 1. The number of benzene rings is 1. The number of anilines is 1. The summed E-state index contributed by atoms with van der Waals surface area (Å²) in [7, 11) is 0. The first-order valence-electron chi connectivity index (χ1n) is 12.0. The molecule has 1 N–H and O–H groups in total. The Hall–Kier alpha value is -2.17. The van der Waals surface area contributed by atoms with Crippen molar-refractivity contribution in [3.05, 3.63) is 23.9 Å². The Labute approximate surface area is 181 Å². The van der Waals surface area contributed by atoms with Crippen LogP contribution in [0.2, 0.25) is 0 Å². The fraction of sp³-hybridized carbons (Fsp3) is 0.640. The normalized spacial score (nSPS) is 15.5.